The maximum absolute atomic E-state index is 3.55. The number of rotatable bonds is 8. The minimum Gasteiger partial charge on any atom is -0.312 e. The van der Waals surface area contributed by atoms with Crippen molar-refractivity contribution in [1.82, 2.24) is 10.2 Å². The zero-order valence-electron chi connectivity index (χ0n) is 13.1. The SMILES string of the molecule is CCC(C)CN(C)C(C)CCCNC(C)(C)C. The van der Waals surface area contributed by atoms with Crippen molar-refractivity contribution in [3.63, 3.8) is 0 Å². The van der Waals surface area contributed by atoms with Gasteiger partial charge in [0.15, 0.2) is 0 Å². The van der Waals surface area contributed by atoms with Crippen molar-refractivity contribution in [3.8, 4) is 0 Å². The molecule has 2 nitrogen and oxygen atoms in total. The van der Waals surface area contributed by atoms with E-state index in [2.05, 4.69) is 58.8 Å². The van der Waals surface area contributed by atoms with Crippen molar-refractivity contribution in [1.29, 1.82) is 0 Å². The van der Waals surface area contributed by atoms with Crippen molar-refractivity contribution in [2.75, 3.05) is 20.1 Å². The fraction of sp³-hybridized carbons (Fsp3) is 1.00. The lowest BCUT2D eigenvalue weighted by Gasteiger charge is -2.28. The van der Waals surface area contributed by atoms with Crippen LogP contribution in [0.1, 0.15) is 60.8 Å². The van der Waals surface area contributed by atoms with E-state index in [-0.39, 0.29) is 5.54 Å². The molecule has 2 unspecified atom stereocenters. The van der Waals surface area contributed by atoms with Gasteiger partial charge >= 0.3 is 0 Å². The largest absolute Gasteiger partial charge is 0.312 e. The Hall–Kier alpha value is -0.0800. The molecular weight excluding hydrogens is 208 g/mol. The summed E-state index contributed by atoms with van der Waals surface area (Å²) in [5, 5.41) is 3.55. The molecular formula is C15H34N2. The zero-order chi connectivity index (χ0) is 13.5. The molecule has 0 radical (unpaired) electrons. The second-order valence-corrected chi connectivity index (χ2v) is 6.62. The van der Waals surface area contributed by atoms with Crippen LogP contribution in [-0.4, -0.2) is 36.6 Å². The van der Waals surface area contributed by atoms with Gasteiger partial charge in [-0.05, 0) is 60.0 Å². The van der Waals surface area contributed by atoms with Gasteiger partial charge in [-0.1, -0.05) is 20.3 Å². The first kappa shape index (κ1) is 16.9. The summed E-state index contributed by atoms with van der Waals surface area (Å²) in [6.07, 6.45) is 3.84. The average molecular weight is 242 g/mol. The van der Waals surface area contributed by atoms with E-state index in [1.54, 1.807) is 0 Å². The highest BCUT2D eigenvalue weighted by Crippen LogP contribution is 2.09. The van der Waals surface area contributed by atoms with E-state index in [4.69, 9.17) is 0 Å². The van der Waals surface area contributed by atoms with Crippen molar-refractivity contribution >= 4 is 0 Å². The van der Waals surface area contributed by atoms with Crippen molar-refractivity contribution < 1.29 is 0 Å². The third-order valence-electron chi connectivity index (χ3n) is 3.50. The summed E-state index contributed by atoms with van der Waals surface area (Å²) in [6, 6.07) is 0.700. The first-order valence-corrected chi connectivity index (χ1v) is 7.21. The first-order chi connectivity index (χ1) is 7.76. The Kier molecular flexibility index (Phi) is 8.06. The maximum atomic E-state index is 3.55. The Morgan fingerprint density at radius 1 is 1.18 bits per heavy atom. The van der Waals surface area contributed by atoms with Crippen LogP contribution in [0.15, 0.2) is 0 Å². The van der Waals surface area contributed by atoms with Crippen LogP contribution in [0.3, 0.4) is 0 Å². The van der Waals surface area contributed by atoms with E-state index in [0.29, 0.717) is 6.04 Å². The molecule has 0 fully saturated rings. The normalized spacial score (nSPS) is 16.2. The molecule has 2 atom stereocenters. The van der Waals surface area contributed by atoms with Crippen molar-refractivity contribution in [2.45, 2.75) is 72.4 Å². The summed E-state index contributed by atoms with van der Waals surface area (Å²) >= 11 is 0. The Morgan fingerprint density at radius 3 is 2.24 bits per heavy atom. The molecule has 104 valence electrons. The van der Waals surface area contributed by atoms with Crippen LogP contribution in [0.2, 0.25) is 0 Å². The fourth-order valence-corrected chi connectivity index (χ4v) is 1.88. The molecule has 1 N–H and O–H groups in total. The van der Waals surface area contributed by atoms with Crippen LogP contribution >= 0.6 is 0 Å². The fourth-order valence-electron chi connectivity index (χ4n) is 1.88. The summed E-state index contributed by atoms with van der Waals surface area (Å²) in [5.41, 5.74) is 0.256. The Labute approximate surface area is 109 Å². The van der Waals surface area contributed by atoms with Gasteiger partial charge in [-0.25, -0.2) is 0 Å². The van der Waals surface area contributed by atoms with E-state index in [1.807, 2.05) is 0 Å². The smallest absolute Gasteiger partial charge is 0.00965 e. The van der Waals surface area contributed by atoms with Crippen LogP contribution in [0.4, 0.5) is 0 Å². The standard InChI is InChI=1S/C15H34N2/c1-8-13(2)12-17(7)14(3)10-9-11-16-15(4,5)6/h13-14,16H,8-12H2,1-7H3. The molecule has 0 aliphatic rings. The predicted octanol–water partition coefficient (Wildman–Crippen LogP) is 3.52. The number of nitrogens with one attached hydrogen (secondary N) is 1. The summed E-state index contributed by atoms with van der Waals surface area (Å²) in [6.45, 7) is 16.0. The molecule has 0 saturated carbocycles. The molecule has 0 bridgehead atoms. The monoisotopic (exact) mass is 242 g/mol. The van der Waals surface area contributed by atoms with Crippen molar-refractivity contribution in [3.05, 3.63) is 0 Å². The molecule has 0 saturated heterocycles. The average Bonchev–Trinajstić information content (AvgIpc) is 2.22. The summed E-state index contributed by atoms with van der Waals surface area (Å²) in [5.74, 6) is 0.815. The third-order valence-corrected chi connectivity index (χ3v) is 3.50. The third kappa shape index (κ3) is 9.61. The molecule has 2 heteroatoms. The molecule has 0 spiro atoms. The lowest BCUT2D eigenvalue weighted by atomic mass is 10.1. The summed E-state index contributed by atoms with van der Waals surface area (Å²) < 4.78 is 0. The van der Waals surface area contributed by atoms with Gasteiger partial charge in [0, 0.05) is 18.1 Å². The molecule has 0 heterocycles. The number of nitrogens with zero attached hydrogens (tertiary/aromatic N) is 1. The van der Waals surface area contributed by atoms with Crippen LogP contribution in [0.5, 0.6) is 0 Å². The number of hydrogen-bond donors (Lipinski definition) is 1. The molecule has 0 aromatic carbocycles. The van der Waals surface area contributed by atoms with Crippen LogP contribution < -0.4 is 5.32 Å². The number of hydrogen-bond acceptors (Lipinski definition) is 2. The quantitative estimate of drug-likeness (QED) is 0.655. The lowest BCUT2D eigenvalue weighted by molar-refractivity contribution is 0.209. The molecule has 0 aliphatic carbocycles. The topological polar surface area (TPSA) is 15.3 Å². The van der Waals surface area contributed by atoms with Gasteiger partial charge in [0.1, 0.15) is 0 Å². The van der Waals surface area contributed by atoms with Gasteiger partial charge in [-0.15, -0.1) is 0 Å². The first-order valence-electron chi connectivity index (χ1n) is 7.21. The molecule has 0 rings (SSSR count). The Morgan fingerprint density at radius 2 is 1.76 bits per heavy atom. The van der Waals surface area contributed by atoms with Gasteiger partial charge in [0.2, 0.25) is 0 Å². The van der Waals surface area contributed by atoms with Gasteiger partial charge in [0.25, 0.3) is 0 Å². The summed E-state index contributed by atoms with van der Waals surface area (Å²) in [7, 11) is 2.26. The lowest BCUT2D eigenvalue weighted by Crippen LogP contribution is -2.37. The van der Waals surface area contributed by atoms with Crippen molar-refractivity contribution in [2.24, 2.45) is 5.92 Å². The van der Waals surface area contributed by atoms with Crippen LogP contribution in [0, 0.1) is 5.92 Å². The molecule has 0 amide bonds. The van der Waals surface area contributed by atoms with E-state index >= 15 is 0 Å². The molecule has 0 aromatic heterocycles. The highest BCUT2D eigenvalue weighted by molar-refractivity contribution is 4.71. The van der Waals surface area contributed by atoms with Crippen LogP contribution in [0.25, 0.3) is 0 Å². The van der Waals surface area contributed by atoms with Gasteiger partial charge in [-0.3, -0.25) is 0 Å². The van der Waals surface area contributed by atoms with E-state index in [0.717, 1.165) is 12.5 Å². The molecule has 17 heavy (non-hydrogen) atoms. The Balaban J connectivity index is 3.67. The van der Waals surface area contributed by atoms with E-state index in [9.17, 15) is 0 Å². The van der Waals surface area contributed by atoms with E-state index < -0.39 is 0 Å². The van der Waals surface area contributed by atoms with Gasteiger partial charge < -0.3 is 10.2 Å². The van der Waals surface area contributed by atoms with Gasteiger partial charge in [-0.2, -0.15) is 0 Å². The van der Waals surface area contributed by atoms with Gasteiger partial charge in [0.05, 0.1) is 0 Å². The highest BCUT2D eigenvalue weighted by Gasteiger charge is 2.12. The zero-order valence-corrected chi connectivity index (χ0v) is 13.1. The van der Waals surface area contributed by atoms with Crippen LogP contribution in [-0.2, 0) is 0 Å². The highest BCUT2D eigenvalue weighted by atomic mass is 15.1. The van der Waals surface area contributed by atoms with E-state index in [1.165, 1.54) is 25.8 Å². The second kappa shape index (κ2) is 8.10. The maximum Gasteiger partial charge on any atom is 0.00965 e. The Bertz CT molecular complexity index is 184. The molecule has 0 aromatic rings. The predicted molar refractivity (Wildman–Crippen MR) is 78.5 cm³/mol. The summed E-state index contributed by atoms with van der Waals surface area (Å²) in [4.78, 5) is 2.51. The minimum atomic E-state index is 0.256. The second-order valence-electron chi connectivity index (χ2n) is 6.62. The minimum absolute atomic E-state index is 0.256. The molecule has 0 aliphatic heterocycles.